The van der Waals surface area contributed by atoms with Crippen LogP contribution in [0, 0.1) is 6.92 Å². The number of nitrogens with one attached hydrogen (secondary N) is 2. The lowest BCUT2D eigenvalue weighted by Crippen LogP contribution is -2.45. The van der Waals surface area contributed by atoms with Crippen molar-refractivity contribution in [2.75, 3.05) is 13.1 Å². The van der Waals surface area contributed by atoms with E-state index in [4.69, 9.17) is 0 Å². The summed E-state index contributed by atoms with van der Waals surface area (Å²) in [6.07, 6.45) is 4.09. The Kier molecular flexibility index (Phi) is 4.63. The molecule has 2 aromatic rings. The van der Waals surface area contributed by atoms with Gasteiger partial charge in [-0.15, -0.1) is 0 Å². The Labute approximate surface area is 145 Å². The normalized spacial score (nSPS) is 17.0. The number of hydrogen-bond donors (Lipinski definition) is 2. The summed E-state index contributed by atoms with van der Waals surface area (Å²) in [6, 6.07) is 1.77. The first-order valence-corrected chi connectivity index (χ1v) is 8.31. The standard InChI is InChI=1S/C17H23N5O3/c1-11-14(5-7-19-11)16(24)22(13-4-6-18-8-13)10-12-9-20(2)17(25)21(3)15(12)23/h5,7,9,13,18-19H,4,6,8,10H2,1-3H3. The fourth-order valence-corrected chi connectivity index (χ4v) is 3.29. The first kappa shape index (κ1) is 17.2. The van der Waals surface area contributed by atoms with Crippen LogP contribution in [0.1, 0.15) is 28.0 Å². The highest BCUT2D eigenvalue weighted by molar-refractivity contribution is 5.95. The van der Waals surface area contributed by atoms with Crippen LogP contribution in [0.5, 0.6) is 0 Å². The second-order valence-corrected chi connectivity index (χ2v) is 6.51. The van der Waals surface area contributed by atoms with Crippen LogP contribution in [0.25, 0.3) is 0 Å². The number of aromatic amines is 1. The molecule has 8 heteroatoms. The summed E-state index contributed by atoms with van der Waals surface area (Å²) in [5.74, 6) is -0.108. The topological polar surface area (TPSA) is 92.1 Å². The van der Waals surface area contributed by atoms with Gasteiger partial charge in [0.15, 0.2) is 0 Å². The smallest absolute Gasteiger partial charge is 0.330 e. The molecule has 0 bridgehead atoms. The summed E-state index contributed by atoms with van der Waals surface area (Å²) in [5.41, 5.74) is 1.09. The highest BCUT2D eigenvalue weighted by atomic mass is 16.2. The largest absolute Gasteiger partial charge is 0.365 e. The lowest BCUT2D eigenvalue weighted by atomic mass is 10.1. The number of hydrogen-bond acceptors (Lipinski definition) is 4. The number of amides is 1. The van der Waals surface area contributed by atoms with Gasteiger partial charge < -0.3 is 19.8 Å². The molecule has 1 fully saturated rings. The first-order valence-electron chi connectivity index (χ1n) is 8.31. The first-order chi connectivity index (χ1) is 11.9. The van der Waals surface area contributed by atoms with Crippen LogP contribution in [0.4, 0.5) is 0 Å². The molecule has 25 heavy (non-hydrogen) atoms. The molecule has 0 saturated carbocycles. The number of nitrogens with zero attached hydrogens (tertiary/aromatic N) is 3. The van der Waals surface area contributed by atoms with E-state index in [1.165, 1.54) is 17.8 Å². The molecule has 0 spiro atoms. The van der Waals surface area contributed by atoms with Crippen molar-refractivity contribution < 1.29 is 4.79 Å². The van der Waals surface area contributed by atoms with E-state index < -0.39 is 0 Å². The molecule has 2 N–H and O–H groups in total. The van der Waals surface area contributed by atoms with Crippen molar-refractivity contribution in [3.8, 4) is 0 Å². The Morgan fingerprint density at radius 3 is 2.72 bits per heavy atom. The van der Waals surface area contributed by atoms with E-state index in [2.05, 4.69) is 10.3 Å². The van der Waals surface area contributed by atoms with Gasteiger partial charge in [0, 0.05) is 44.8 Å². The van der Waals surface area contributed by atoms with Gasteiger partial charge in [0.1, 0.15) is 0 Å². The summed E-state index contributed by atoms with van der Waals surface area (Å²) in [4.78, 5) is 42.2. The van der Waals surface area contributed by atoms with Crippen molar-refractivity contribution >= 4 is 5.91 Å². The van der Waals surface area contributed by atoms with E-state index in [0.29, 0.717) is 17.7 Å². The van der Waals surface area contributed by atoms with Crippen molar-refractivity contribution in [2.45, 2.75) is 25.9 Å². The van der Waals surface area contributed by atoms with Gasteiger partial charge in [-0.3, -0.25) is 14.2 Å². The molecule has 0 aromatic carbocycles. The van der Waals surface area contributed by atoms with E-state index in [1.807, 2.05) is 6.92 Å². The van der Waals surface area contributed by atoms with Crippen molar-refractivity contribution in [3.63, 3.8) is 0 Å². The van der Waals surface area contributed by atoms with E-state index in [-0.39, 0.29) is 29.7 Å². The summed E-state index contributed by atoms with van der Waals surface area (Å²) in [5, 5.41) is 3.26. The minimum absolute atomic E-state index is 0.0174. The Bertz CT molecular complexity index is 902. The van der Waals surface area contributed by atoms with Gasteiger partial charge in [0.05, 0.1) is 17.7 Å². The van der Waals surface area contributed by atoms with Crippen LogP contribution in [0.15, 0.2) is 28.0 Å². The molecule has 1 aliphatic heterocycles. The molecule has 134 valence electrons. The Balaban J connectivity index is 1.99. The van der Waals surface area contributed by atoms with Gasteiger partial charge in [-0.25, -0.2) is 4.79 Å². The van der Waals surface area contributed by atoms with Gasteiger partial charge in [-0.2, -0.15) is 0 Å². The summed E-state index contributed by atoms with van der Waals surface area (Å²) in [7, 11) is 3.05. The monoisotopic (exact) mass is 345 g/mol. The van der Waals surface area contributed by atoms with Gasteiger partial charge >= 0.3 is 5.69 Å². The van der Waals surface area contributed by atoms with Gasteiger partial charge in [-0.05, 0) is 26.0 Å². The number of carbonyl (C=O) groups is 1. The molecule has 1 unspecified atom stereocenters. The molecule has 0 aliphatic carbocycles. The average Bonchev–Trinajstić information content (AvgIpc) is 3.26. The van der Waals surface area contributed by atoms with E-state index in [0.717, 1.165) is 23.2 Å². The third-order valence-electron chi connectivity index (χ3n) is 4.78. The van der Waals surface area contributed by atoms with Crippen LogP contribution in [0.3, 0.4) is 0 Å². The van der Waals surface area contributed by atoms with Crippen molar-refractivity contribution in [2.24, 2.45) is 14.1 Å². The van der Waals surface area contributed by atoms with Crippen LogP contribution < -0.4 is 16.6 Å². The molecule has 1 amide bonds. The lowest BCUT2D eigenvalue weighted by molar-refractivity contribution is 0.0673. The molecule has 1 aliphatic rings. The third-order valence-corrected chi connectivity index (χ3v) is 4.78. The molecule has 1 atom stereocenters. The highest BCUT2D eigenvalue weighted by Crippen LogP contribution is 2.17. The van der Waals surface area contributed by atoms with E-state index in [1.54, 1.807) is 24.2 Å². The van der Waals surface area contributed by atoms with Crippen LogP contribution in [-0.4, -0.2) is 44.1 Å². The number of H-pyrrole nitrogens is 1. The number of carbonyl (C=O) groups excluding carboxylic acids is 1. The minimum atomic E-state index is -0.379. The van der Waals surface area contributed by atoms with Crippen LogP contribution in [-0.2, 0) is 20.6 Å². The fraction of sp³-hybridized carbons (Fsp3) is 0.471. The van der Waals surface area contributed by atoms with E-state index >= 15 is 0 Å². The number of rotatable bonds is 4. The molecular formula is C17H23N5O3. The Hall–Kier alpha value is -2.61. The molecular weight excluding hydrogens is 322 g/mol. The maximum atomic E-state index is 13.1. The molecule has 3 heterocycles. The molecule has 0 radical (unpaired) electrons. The predicted molar refractivity (Wildman–Crippen MR) is 93.6 cm³/mol. The molecule has 2 aromatic heterocycles. The van der Waals surface area contributed by atoms with E-state index in [9.17, 15) is 14.4 Å². The zero-order chi connectivity index (χ0) is 18.1. The van der Waals surface area contributed by atoms with Crippen molar-refractivity contribution in [1.29, 1.82) is 0 Å². The molecule has 1 saturated heterocycles. The van der Waals surface area contributed by atoms with Crippen LogP contribution in [0.2, 0.25) is 0 Å². The third kappa shape index (κ3) is 3.17. The van der Waals surface area contributed by atoms with Crippen LogP contribution >= 0.6 is 0 Å². The van der Waals surface area contributed by atoms with Gasteiger partial charge in [0.2, 0.25) is 0 Å². The number of aromatic nitrogens is 3. The average molecular weight is 345 g/mol. The Morgan fingerprint density at radius 1 is 1.36 bits per heavy atom. The van der Waals surface area contributed by atoms with Gasteiger partial charge in [-0.1, -0.05) is 0 Å². The van der Waals surface area contributed by atoms with Crippen molar-refractivity contribution in [3.05, 3.63) is 56.1 Å². The maximum absolute atomic E-state index is 13.1. The van der Waals surface area contributed by atoms with Crippen molar-refractivity contribution in [1.82, 2.24) is 24.3 Å². The molecule has 8 nitrogen and oxygen atoms in total. The second-order valence-electron chi connectivity index (χ2n) is 6.51. The Morgan fingerprint density at radius 2 is 2.12 bits per heavy atom. The second kappa shape index (κ2) is 6.72. The SMILES string of the molecule is Cc1[nH]ccc1C(=O)N(Cc1cn(C)c(=O)n(C)c1=O)C1CCNC1. The highest BCUT2D eigenvalue weighted by Gasteiger charge is 2.29. The van der Waals surface area contributed by atoms with Gasteiger partial charge in [0.25, 0.3) is 11.5 Å². The fourth-order valence-electron chi connectivity index (χ4n) is 3.29. The number of aryl methyl sites for hydroxylation is 2. The zero-order valence-electron chi connectivity index (χ0n) is 14.7. The quantitative estimate of drug-likeness (QED) is 0.798. The lowest BCUT2D eigenvalue weighted by Gasteiger charge is -2.28. The predicted octanol–water partition coefficient (Wildman–Crippen LogP) is -0.275. The summed E-state index contributed by atoms with van der Waals surface area (Å²) >= 11 is 0. The summed E-state index contributed by atoms with van der Waals surface area (Å²) < 4.78 is 2.44. The summed E-state index contributed by atoms with van der Waals surface area (Å²) in [6.45, 7) is 3.56. The molecule has 3 rings (SSSR count). The minimum Gasteiger partial charge on any atom is -0.365 e. The zero-order valence-corrected chi connectivity index (χ0v) is 14.7. The maximum Gasteiger partial charge on any atom is 0.330 e.